The van der Waals surface area contributed by atoms with Crippen molar-refractivity contribution in [3.8, 4) is 0 Å². The van der Waals surface area contributed by atoms with Crippen LogP contribution in [0.5, 0.6) is 0 Å². The summed E-state index contributed by atoms with van der Waals surface area (Å²) in [7, 11) is 0. The molecule has 1 unspecified atom stereocenters. The van der Waals surface area contributed by atoms with Crippen molar-refractivity contribution in [3.63, 3.8) is 0 Å². The maximum atomic E-state index is 11.8. The molecule has 0 aromatic carbocycles. The van der Waals surface area contributed by atoms with Crippen LogP contribution in [0.15, 0.2) is 6.07 Å². The van der Waals surface area contributed by atoms with E-state index in [-0.39, 0.29) is 5.91 Å². The van der Waals surface area contributed by atoms with Crippen molar-refractivity contribution >= 4 is 27.9 Å². The van der Waals surface area contributed by atoms with E-state index in [2.05, 4.69) is 17.1 Å². The standard InChI is InChI=1S/C13H21N3OS/c1-3-15-13(17)12-10(14)7-11(18-12)16-6-4-5-9(2)8-16/h7,9H,3-6,8,14H2,1-2H3,(H,15,17). The summed E-state index contributed by atoms with van der Waals surface area (Å²) in [5.74, 6) is 0.659. The maximum absolute atomic E-state index is 11.8. The van der Waals surface area contributed by atoms with Crippen molar-refractivity contribution in [2.75, 3.05) is 30.3 Å². The molecule has 0 saturated carbocycles. The molecule has 1 atom stereocenters. The Kier molecular flexibility index (Phi) is 4.11. The van der Waals surface area contributed by atoms with Gasteiger partial charge < -0.3 is 16.0 Å². The Morgan fingerprint density at radius 2 is 2.44 bits per heavy atom. The molecule has 4 nitrogen and oxygen atoms in total. The fourth-order valence-corrected chi connectivity index (χ4v) is 3.39. The van der Waals surface area contributed by atoms with Crippen LogP contribution in [0.1, 0.15) is 36.4 Å². The Hall–Kier alpha value is -1.23. The zero-order valence-electron chi connectivity index (χ0n) is 11.0. The third kappa shape index (κ3) is 2.77. The van der Waals surface area contributed by atoms with Crippen molar-refractivity contribution in [1.82, 2.24) is 5.32 Å². The number of anilines is 2. The fourth-order valence-electron chi connectivity index (χ4n) is 2.36. The second-order valence-corrected chi connectivity index (χ2v) is 5.95. The summed E-state index contributed by atoms with van der Waals surface area (Å²) < 4.78 is 0. The van der Waals surface area contributed by atoms with Crippen LogP contribution < -0.4 is 16.0 Å². The van der Waals surface area contributed by atoms with Crippen LogP contribution in [-0.2, 0) is 0 Å². The number of carbonyl (C=O) groups is 1. The smallest absolute Gasteiger partial charge is 0.263 e. The van der Waals surface area contributed by atoms with Crippen molar-refractivity contribution in [2.45, 2.75) is 26.7 Å². The van der Waals surface area contributed by atoms with Gasteiger partial charge in [-0.3, -0.25) is 4.79 Å². The summed E-state index contributed by atoms with van der Waals surface area (Å²) in [4.78, 5) is 14.8. The van der Waals surface area contributed by atoms with Crippen LogP contribution in [-0.4, -0.2) is 25.5 Å². The molecule has 0 bridgehead atoms. The average molecular weight is 267 g/mol. The van der Waals surface area contributed by atoms with Crippen LogP contribution in [0.3, 0.4) is 0 Å². The zero-order valence-corrected chi connectivity index (χ0v) is 11.8. The lowest BCUT2D eigenvalue weighted by molar-refractivity contribution is 0.0960. The van der Waals surface area contributed by atoms with Gasteiger partial charge in [-0.2, -0.15) is 0 Å². The van der Waals surface area contributed by atoms with Gasteiger partial charge in [-0.05, 0) is 31.7 Å². The quantitative estimate of drug-likeness (QED) is 0.883. The van der Waals surface area contributed by atoms with Gasteiger partial charge in [0.25, 0.3) is 5.91 Å². The molecule has 5 heteroatoms. The highest BCUT2D eigenvalue weighted by atomic mass is 32.1. The van der Waals surface area contributed by atoms with Crippen LogP contribution in [0, 0.1) is 5.92 Å². The lowest BCUT2D eigenvalue weighted by atomic mass is 10.0. The van der Waals surface area contributed by atoms with E-state index in [1.807, 2.05) is 13.0 Å². The van der Waals surface area contributed by atoms with E-state index >= 15 is 0 Å². The summed E-state index contributed by atoms with van der Waals surface area (Å²) in [6.07, 6.45) is 2.51. The third-order valence-corrected chi connectivity index (χ3v) is 4.47. The average Bonchev–Trinajstić information content (AvgIpc) is 2.72. The largest absolute Gasteiger partial charge is 0.397 e. The zero-order chi connectivity index (χ0) is 13.1. The van der Waals surface area contributed by atoms with Gasteiger partial charge in [0, 0.05) is 19.6 Å². The third-order valence-electron chi connectivity index (χ3n) is 3.26. The lowest BCUT2D eigenvalue weighted by Crippen LogP contribution is -2.33. The number of piperidine rings is 1. The number of rotatable bonds is 3. The minimum absolute atomic E-state index is 0.0590. The molecular weight excluding hydrogens is 246 g/mol. The molecule has 1 saturated heterocycles. The van der Waals surface area contributed by atoms with Crippen LogP contribution in [0.4, 0.5) is 10.7 Å². The fraction of sp³-hybridized carbons (Fsp3) is 0.615. The van der Waals surface area contributed by atoms with Gasteiger partial charge in [-0.1, -0.05) is 6.92 Å². The molecule has 3 N–H and O–H groups in total. The highest BCUT2D eigenvalue weighted by Gasteiger charge is 2.21. The number of thiophene rings is 1. The molecule has 1 amide bonds. The minimum Gasteiger partial charge on any atom is -0.397 e. The highest BCUT2D eigenvalue weighted by molar-refractivity contribution is 7.18. The van der Waals surface area contributed by atoms with E-state index in [1.54, 1.807) is 0 Å². The first kappa shape index (κ1) is 13.2. The van der Waals surface area contributed by atoms with Gasteiger partial charge in [0.15, 0.2) is 0 Å². The first-order chi connectivity index (χ1) is 8.61. The van der Waals surface area contributed by atoms with E-state index in [1.165, 1.54) is 24.2 Å². The molecule has 0 spiro atoms. The molecule has 2 heterocycles. The molecule has 18 heavy (non-hydrogen) atoms. The van der Waals surface area contributed by atoms with Gasteiger partial charge in [0.2, 0.25) is 0 Å². The summed E-state index contributed by atoms with van der Waals surface area (Å²) >= 11 is 1.50. The van der Waals surface area contributed by atoms with Crippen molar-refractivity contribution < 1.29 is 4.79 Å². The van der Waals surface area contributed by atoms with E-state index in [4.69, 9.17) is 5.73 Å². The van der Waals surface area contributed by atoms with Crippen LogP contribution >= 0.6 is 11.3 Å². The van der Waals surface area contributed by atoms with Crippen molar-refractivity contribution in [3.05, 3.63) is 10.9 Å². The molecule has 0 aliphatic carbocycles. The Morgan fingerprint density at radius 1 is 1.67 bits per heavy atom. The molecule has 1 aliphatic heterocycles. The molecule has 1 aliphatic rings. The normalized spacial score (nSPS) is 19.9. The second kappa shape index (κ2) is 5.61. The SMILES string of the molecule is CCNC(=O)c1sc(N2CCCC(C)C2)cc1N. The number of amides is 1. The van der Waals surface area contributed by atoms with E-state index in [0.29, 0.717) is 17.1 Å². The number of nitrogens with two attached hydrogens (primary N) is 1. The van der Waals surface area contributed by atoms with Crippen molar-refractivity contribution in [2.24, 2.45) is 5.92 Å². The number of hydrogen-bond acceptors (Lipinski definition) is 4. The Labute approximate surface area is 112 Å². The van der Waals surface area contributed by atoms with Crippen molar-refractivity contribution in [1.29, 1.82) is 0 Å². The second-order valence-electron chi connectivity index (χ2n) is 4.92. The number of carbonyl (C=O) groups excluding carboxylic acids is 1. The van der Waals surface area contributed by atoms with Gasteiger partial charge >= 0.3 is 0 Å². The van der Waals surface area contributed by atoms with E-state index < -0.39 is 0 Å². The van der Waals surface area contributed by atoms with Gasteiger partial charge in [0.1, 0.15) is 4.88 Å². The Bertz CT molecular complexity index is 430. The summed E-state index contributed by atoms with van der Waals surface area (Å²) in [5, 5.41) is 3.93. The number of nitrogens with one attached hydrogen (secondary N) is 1. The first-order valence-corrected chi connectivity index (χ1v) is 7.36. The molecule has 1 fully saturated rings. The Balaban J connectivity index is 2.15. The molecule has 100 valence electrons. The predicted octanol–water partition coefficient (Wildman–Crippen LogP) is 2.32. The topological polar surface area (TPSA) is 58.4 Å². The summed E-state index contributed by atoms with van der Waals surface area (Å²) in [6, 6.07) is 1.94. The minimum atomic E-state index is -0.0590. The summed E-state index contributed by atoms with van der Waals surface area (Å²) in [5.41, 5.74) is 6.53. The molecular formula is C13H21N3OS. The maximum Gasteiger partial charge on any atom is 0.263 e. The Morgan fingerprint density at radius 3 is 3.11 bits per heavy atom. The van der Waals surface area contributed by atoms with Crippen LogP contribution in [0.2, 0.25) is 0 Å². The molecule has 2 rings (SSSR count). The predicted molar refractivity (Wildman–Crippen MR) is 77.3 cm³/mol. The number of nitrogens with zero attached hydrogens (tertiary/aromatic N) is 1. The number of nitrogen functional groups attached to an aromatic ring is 1. The van der Waals surface area contributed by atoms with E-state index in [0.717, 1.165) is 24.0 Å². The molecule has 0 radical (unpaired) electrons. The van der Waals surface area contributed by atoms with Crippen LogP contribution in [0.25, 0.3) is 0 Å². The van der Waals surface area contributed by atoms with Gasteiger partial charge in [0.05, 0.1) is 10.7 Å². The van der Waals surface area contributed by atoms with E-state index in [9.17, 15) is 4.79 Å². The van der Waals surface area contributed by atoms with Gasteiger partial charge in [-0.25, -0.2) is 0 Å². The monoisotopic (exact) mass is 267 g/mol. The lowest BCUT2D eigenvalue weighted by Gasteiger charge is -2.31. The number of hydrogen-bond donors (Lipinski definition) is 2. The highest BCUT2D eigenvalue weighted by Crippen LogP contribution is 2.34. The first-order valence-electron chi connectivity index (χ1n) is 6.54. The molecule has 1 aromatic rings. The molecule has 1 aromatic heterocycles. The van der Waals surface area contributed by atoms with Gasteiger partial charge in [-0.15, -0.1) is 11.3 Å². The summed E-state index contributed by atoms with van der Waals surface area (Å²) in [6.45, 7) is 6.95.